The van der Waals surface area contributed by atoms with Crippen molar-refractivity contribution in [2.75, 3.05) is 43.0 Å². The number of hydrogen-bond acceptors (Lipinski definition) is 6. The number of aryl methyl sites for hydroxylation is 1. The third kappa shape index (κ3) is 5.90. The molecule has 9 nitrogen and oxygen atoms in total. The van der Waals surface area contributed by atoms with E-state index >= 15 is 0 Å². The van der Waals surface area contributed by atoms with Gasteiger partial charge in [-0.3, -0.25) is 0 Å². The summed E-state index contributed by atoms with van der Waals surface area (Å²) in [6.07, 6.45) is 1.44. The molecule has 0 bridgehead atoms. The second-order valence-corrected chi connectivity index (χ2v) is 10.4. The zero-order valence-electron chi connectivity index (χ0n) is 24.0. The number of amides is 2. The predicted molar refractivity (Wildman–Crippen MR) is 166 cm³/mol. The number of nitrogens with one attached hydrogen (secondary N) is 1. The second kappa shape index (κ2) is 12.3. The molecule has 0 spiro atoms. The Bertz CT molecular complexity index is 1650. The first-order valence-electron chi connectivity index (χ1n) is 14.5. The Morgan fingerprint density at radius 1 is 0.881 bits per heavy atom. The molecule has 1 N–H and O–H groups in total. The highest BCUT2D eigenvalue weighted by molar-refractivity contribution is 5.91. The SMILES string of the molecule is CCOc1ccc(NC(=O)N2CCCN(c3nc(Cc4ccccc4)nc4c3c(C)nn4-c3ccccc3)CC2)cc1. The highest BCUT2D eigenvalue weighted by Gasteiger charge is 2.25. The van der Waals surface area contributed by atoms with E-state index in [1.165, 1.54) is 0 Å². The van der Waals surface area contributed by atoms with Crippen molar-refractivity contribution in [3.8, 4) is 11.4 Å². The molecule has 42 heavy (non-hydrogen) atoms. The average molecular weight is 562 g/mol. The summed E-state index contributed by atoms with van der Waals surface area (Å²) in [7, 11) is 0. The van der Waals surface area contributed by atoms with E-state index in [0.29, 0.717) is 32.7 Å². The Morgan fingerprint density at radius 3 is 2.36 bits per heavy atom. The number of aromatic nitrogens is 4. The van der Waals surface area contributed by atoms with Crippen molar-refractivity contribution >= 4 is 28.6 Å². The minimum absolute atomic E-state index is 0.105. The summed E-state index contributed by atoms with van der Waals surface area (Å²) >= 11 is 0. The Balaban J connectivity index is 1.28. The summed E-state index contributed by atoms with van der Waals surface area (Å²) in [4.78, 5) is 27.5. The molecule has 1 aliphatic heterocycles. The van der Waals surface area contributed by atoms with Crippen LogP contribution in [0.5, 0.6) is 5.75 Å². The number of carbonyl (C=O) groups is 1. The molecule has 5 aromatic rings. The van der Waals surface area contributed by atoms with Gasteiger partial charge in [-0.2, -0.15) is 5.10 Å². The molecule has 0 radical (unpaired) electrons. The lowest BCUT2D eigenvalue weighted by Crippen LogP contribution is -2.38. The van der Waals surface area contributed by atoms with E-state index in [1.54, 1.807) is 0 Å². The summed E-state index contributed by atoms with van der Waals surface area (Å²) in [5.41, 5.74) is 4.53. The molecular formula is C33H35N7O2. The lowest BCUT2D eigenvalue weighted by molar-refractivity contribution is 0.215. The number of urea groups is 1. The number of carbonyl (C=O) groups excluding carboxylic acids is 1. The third-order valence-corrected chi connectivity index (χ3v) is 7.43. The van der Waals surface area contributed by atoms with Crippen LogP contribution < -0.4 is 15.0 Å². The van der Waals surface area contributed by atoms with E-state index < -0.39 is 0 Å². The average Bonchev–Trinajstić information content (AvgIpc) is 3.17. The highest BCUT2D eigenvalue weighted by Crippen LogP contribution is 2.30. The normalized spacial score (nSPS) is 13.7. The van der Waals surface area contributed by atoms with Crippen LogP contribution in [0.15, 0.2) is 84.9 Å². The maximum atomic E-state index is 13.2. The van der Waals surface area contributed by atoms with Crippen LogP contribution in [0, 0.1) is 6.92 Å². The fourth-order valence-electron chi connectivity index (χ4n) is 5.38. The van der Waals surface area contributed by atoms with E-state index in [4.69, 9.17) is 19.8 Å². The largest absolute Gasteiger partial charge is 0.494 e. The quantitative estimate of drug-likeness (QED) is 0.268. The zero-order chi connectivity index (χ0) is 28.9. The van der Waals surface area contributed by atoms with Crippen molar-refractivity contribution in [2.24, 2.45) is 0 Å². The van der Waals surface area contributed by atoms with Gasteiger partial charge in [-0.05, 0) is 62.2 Å². The number of ether oxygens (including phenoxy) is 1. The first kappa shape index (κ1) is 27.3. The fraction of sp³-hybridized carbons (Fsp3) is 0.273. The smallest absolute Gasteiger partial charge is 0.321 e. The lowest BCUT2D eigenvalue weighted by atomic mass is 10.1. The summed E-state index contributed by atoms with van der Waals surface area (Å²) in [5.74, 6) is 2.41. The highest BCUT2D eigenvalue weighted by atomic mass is 16.5. The number of hydrogen-bond donors (Lipinski definition) is 1. The Labute approximate surface area is 245 Å². The molecule has 3 heterocycles. The monoisotopic (exact) mass is 561 g/mol. The topological polar surface area (TPSA) is 88.4 Å². The van der Waals surface area contributed by atoms with Gasteiger partial charge >= 0.3 is 6.03 Å². The number of anilines is 2. The van der Waals surface area contributed by atoms with Crippen LogP contribution in [0.4, 0.5) is 16.3 Å². The predicted octanol–water partition coefficient (Wildman–Crippen LogP) is 5.86. The molecule has 0 atom stereocenters. The number of benzene rings is 3. The van der Waals surface area contributed by atoms with Crippen LogP contribution >= 0.6 is 0 Å². The summed E-state index contributed by atoms with van der Waals surface area (Å²) in [6.45, 7) is 7.24. The maximum absolute atomic E-state index is 13.2. The third-order valence-electron chi connectivity index (χ3n) is 7.43. The molecule has 0 unspecified atom stereocenters. The van der Waals surface area contributed by atoms with Gasteiger partial charge in [-0.1, -0.05) is 48.5 Å². The van der Waals surface area contributed by atoms with E-state index in [1.807, 2.05) is 96.2 Å². The fourth-order valence-corrected chi connectivity index (χ4v) is 5.38. The summed E-state index contributed by atoms with van der Waals surface area (Å²) < 4.78 is 7.43. The lowest BCUT2D eigenvalue weighted by Gasteiger charge is -2.24. The van der Waals surface area contributed by atoms with Crippen molar-refractivity contribution in [1.82, 2.24) is 24.6 Å². The van der Waals surface area contributed by atoms with Crippen molar-refractivity contribution in [3.05, 3.63) is 102 Å². The van der Waals surface area contributed by atoms with Crippen LogP contribution in [0.1, 0.15) is 30.4 Å². The molecule has 3 aromatic carbocycles. The van der Waals surface area contributed by atoms with Crippen LogP contribution in [-0.2, 0) is 6.42 Å². The van der Waals surface area contributed by atoms with Gasteiger partial charge < -0.3 is 19.9 Å². The Morgan fingerprint density at radius 2 is 1.62 bits per heavy atom. The van der Waals surface area contributed by atoms with Crippen molar-refractivity contribution < 1.29 is 9.53 Å². The number of nitrogens with zero attached hydrogens (tertiary/aromatic N) is 6. The molecule has 2 amide bonds. The van der Waals surface area contributed by atoms with Crippen LogP contribution in [0.2, 0.25) is 0 Å². The van der Waals surface area contributed by atoms with Crippen molar-refractivity contribution in [2.45, 2.75) is 26.7 Å². The molecule has 2 aromatic heterocycles. The molecule has 1 fully saturated rings. The van der Waals surface area contributed by atoms with Crippen LogP contribution in [-0.4, -0.2) is 63.5 Å². The van der Waals surface area contributed by atoms with Gasteiger partial charge in [0, 0.05) is 38.3 Å². The summed E-state index contributed by atoms with van der Waals surface area (Å²) in [6, 6.07) is 27.7. The molecule has 1 aliphatic rings. The van der Waals surface area contributed by atoms with Gasteiger partial charge in [0.15, 0.2) is 5.65 Å². The van der Waals surface area contributed by atoms with Crippen LogP contribution in [0.25, 0.3) is 16.7 Å². The van der Waals surface area contributed by atoms with Gasteiger partial charge in [-0.25, -0.2) is 19.4 Å². The summed E-state index contributed by atoms with van der Waals surface area (Å²) in [5, 5.41) is 8.88. The molecule has 6 rings (SSSR count). The van der Waals surface area contributed by atoms with Gasteiger partial charge in [0.05, 0.1) is 23.4 Å². The first-order chi connectivity index (χ1) is 20.6. The minimum atomic E-state index is -0.105. The zero-order valence-corrected chi connectivity index (χ0v) is 24.0. The molecule has 0 aliphatic carbocycles. The Hall–Kier alpha value is -4.92. The Kier molecular flexibility index (Phi) is 7.98. The van der Waals surface area contributed by atoms with E-state index in [0.717, 1.165) is 64.0 Å². The van der Waals surface area contributed by atoms with Crippen LogP contribution in [0.3, 0.4) is 0 Å². The van der Waals surface area contributed by atoms with E-state index in [-0.39, 0.29) is 6.03 Å². The van der Waals surface area contributed by atoms with Gasteiger partial charge in [0.25, 0.3) is 0 Å². The van der Waals surface area contributed by atoms with Crippen molar-refractivity contribution in [1.29, 1.82) is 0 Å². The molecule has 1 saturated heterocycles. The van der Waals surface area contributed by atoms with Crippen molar-refractivity contribution in [3.63, 3.8) is 0 Å². The number of rotatable bonds is 7. The standard InChI is InChI=1S/C33H35N7O2/c1-3-42-28-17-15-26(16-18-28)34-33(41)39-20-10-19-38(21-22-39)31-30-24(2)37-40(27-13-8-5-9-14-27)32(30)36-29(35-31)23-25-11-6-4-7-12-25/h4-9,11-18H,3,10,19-23H2,1-2H3,(H,34,41). The number of para-hydroxylation sites is 1. The maximum Gasteiger partial charge on any atom is 0.321 e. The first-order valence-corrected chi connectivity index (χ1v) is 14.5. The van der Waals surface area contributed by atoms with E-state index in [2.05, 4.69) is 22.3 Å². The molecule has 0 saturated carbocycles. The van der Waals surface area contributed by atoms with Gasteiger partial charge in [0.2, 0.25) is 0 Å². The van der Waals surface area contributed by atoms with E-state index in [9.17, 15) is 4.79 Å². The second-order valence-electron chi connectivity index (χ2n) is 10.4. The number of fused-ring (bicyclic) bond motifs is 1. The van der Waals surface area contributed by atoms with Gasteiger partial charge in [0.1, 0.15) is 17.4 Å². The molecule has 9 heteroatoms. The van der Waals surface area contributed by atoms with Gasteiger partial charge in [-0.15, -0.1) is 0 Å². The molecular weight excluding hydrogens is 526 g/mol. The minimum Gasteiger partial charge on any atom is -0.494 e. The molecule has 214 valence electrons.